The van der Waals surface area contributed by atoms with Crippen molar-refractivity contribution < 1.29 is 19.3 Å². The Bertz CT molecular complexity index is 420. The van der Waals surface area contributed by atoms with Crippen molar-refractivity contribution in [2.45, 2.75) is 24.9 Å². The fourth-order valence-corrected chi connectivity index (χ4v) is 2.13. The number of benzene rings is 1. The van der Waals surface area contributed by atoms with E-state index in [2.05, 4.69) is 0 Å². The van der Waals surface area contributed by atoms with E-state index in [1.54, 1.807) is 7.11 Å². The van der Waals surface area contributed by atoms with E-state index in [1.807, 2.05) is 12.1 Å². The molecule has 1 aliphatic heterocycles. The van der Waals surface area contributed by atoms with Crippen LogP contribution in [-0.2, 0) is 6.42 Å². The fraction of sp³-hybridized carbons (Fsp3) is 0.538. The molecule has 0 amide bonds. The smallest absolute Gasteiger partial charge is 0.203 e. The van der Waals surface area contributed by atoms with Gasteiger partial charge >= 0.3 is 0 Å². The third kappa shape index (κ3) is 2.05. The molecule has 0 aromatic heterocycles. The molecule has 1 aromatic rings. The second kappa shape index (κ2) is 3.81. The molecule has 1 aliphatic carbocycles. The van der Waals surface area contributed by atoms with Gasteiger partial charge in [0.1, 0.15) is 13.2 Å². The van der Waals surface area contributed by atoms with Gasteiger partial charge in [0, 0.05) is 6.42 Å². The number of fused-ring (bicyclic) bond motifs is 1. The molecule has 0 atom stereocenters. The van der Waals surface area contributed by atoms with Crippen molar-refractivity contribution >= 4 is 0 Å². The van der Waals surface area contributed by atoms with E-state index >= 15 is 0 Å². The summed E-state index contributed by atoms with van der Waals surface area (Å²) in [7, 11) is 1.61. The van der Waals surface area contributed by atoms with Crippen LogP contribution in [0.25, 0.3) is 0 Å². The molecule has 0 unspecified atom stereocenters. The van der Waals surface area contributed by atoms with Gasteiger partial charge in [-0.3, -0.25) is 0 Å². The maximum Gasteiger partial charge on any atom is 0.203 e. The van der Waals surface area contributed by atoms with Crippen LogP contribution in [0.3, 0.4) is 0 Å². The summed E-state index contributed by atoms with van der Waals surface area (Å²) in [6, 6.07) is 3.86. The number of ether oxygens (including phenoxy) is 3. The van der Waals surface area contributed by atoms with Gasteiger partial charge in [-0.05, 0) is 30.5 Å². The highest BCUT2D eigenvalue weighted by Crippen LogP contribution is 2.44. The van der Waals surface area contributed by atoms with Crippen molar-refractivity contribution in [3.05, 3.63) is 17.7 Å². The summed E-state index contributed by atoms with van der Waals surface area (Å²) in [5.74, 6) is 2.07. The fourth-order valence-electron chi connectivity index (χ4n) is 2.13. The van der Waals surface area contributed by atoms with Crippen LogP contribution in [-0.4, -0.2) is 31.0 Å². The van der Waals surface area contributed by atoms with Crippen LogP contribution in [0.2, 0.25) is 0 Å². The first-order chi connectivity index (χ1) is 8.20. The van der Waals surface area contributed by atoms with Crippen molar-refractivity contribution in [3.63, 3.8) is 0 Å². The lowest BCUT2D eigenvalue weighted by Crippen LogP contribution is -2.17. The number of methoxy groups -OCH3 is 1. The molecule has 1 aromatic carbocycles. The van der Waals surface area contributed by atoms with Crippen LogP contribution in [0.1, 0.15) is 18.4 Å². The average Bonchev–Trinajstić information content (AvgIpc) is 3.05. The molecule has 1 fully saturated rings. The summed E-state index contributed by atoms with van der Waals surface area (Å²) >= 11 is 0. The highest BCUT2D eigenvalue weighted by molar-refractivity contribution is 5.54. The van der Waals surface area contributed by atoms with Crippen molar-refractivity contribution in [1.29, 1.82) is 0 Å². The Morgan fingerprint density at radius 3 is 2.76 bits per heavy atom. The monoisotopic (exact) mass is 236 g/mol. The van der Waals surface area contributed by atoms with Crippen LogP contribution in [0.5, 0.6) is 17.2 Å². The molecule has 17 heavy (non-hydrogen) atoms. The van der Waals surface area contributed by atoms with Crippen LogP contribution in [0, 0.1) is 0 Å². The van der Waals surface area contributed by atoms with Gasteiger partial charge in [-0.2, -0.15) is 0 Å². The molecule has 1 heterocycles. The van der Waals surface area contributed by atoms with E-state index in [-0.39, 0.29) is 0 Å². The van der Waals surface area contributed by atoms with Crippen molar-refractivity contribution in [1.82, 2.24) is 0 Å². The Kier molecular flexibility index (Phi) is 2.40. The number of rotatable bonds is 3. The van der Waals surface area contributed by atoms with Gasteiger partial charge in [0.15, 0.2) is 11.5 Å². The lowest BCUT2D eigenvalue weighted by molar-refractivity contribution is 0.149. The Morgan fingerprint density at radius 2 is 2.06 bits per heavy atom. The Morgan fingerprint density at radius 1 is 1.29 bits per heavy atom. The van der Waals surface area contributed by atoms with Gasteiger partial charge in [-0.1, -0.05) is 0 Å². The first-order valence-corrected chi connectivity index (χ1v) is 5.89. The highest BCUT2D eigenvalue weighted by Gasteiger charge is 2.40. The molecule has 0 saturated heterocycles. The summed E-state index contributed by atoms with van der Waals surface area (Å²) < 4.78 is 16.4. The van der Waals surface area contributed by atoms with Gasteiger partial charge in [0.2, 0.25) is 5.75 Å². The Hall–Kier alpha value is -1.42. The molecule has 4 nitrogen and oxygen atoms in total. The predicted octanol–water partition coefficient (Wildman–Crippen LogP) is 1.53. The number of aliphatic hydroxyl groups is 1. The minimum absolute atomic E-state index is 0.505. The van der Waals surface area contributed by atoms with E-state index in [9.17, 15) is 5.11 Å². The molecule has 1 saturated carbocycles. The molecule has 4 heteroatoms. The third-order valence-corrected chi connectivity index (χ3v) is 3.25. The maximum absolute atomic E-state index is 9.94. The summed E-state index contributed by atoms with van der Waals surface area (Å²) in [5.41, 5.74) is 0.528. The molecule has 92 valence electrons. The SMILES string of the molecule is COc1cc(CC2(O)CC2)cc2c1OCCO2. The standard InChI is InChI=1S/C13H16O4/c1-15-10-6-9(8-13(14)2-3-13)7-11-12(10)17-5-4-16-11/h6-7,14H,2-5,8H2,1H3. The van der Waals surface area contributed by atoms with E-state index in [1.165, 1.54) is 0 Å². The van der Waals surface area contributed by atoms with Crippen LogP contribution < -0.4 is 14.2 Å². The van der Waals surface area contributed by atoms with Crippen molar-refractivity contribution in [2.24, 2.45) is 0 Å². The van der Waals surface area contributed by atoms with Gasteiger partial charge in [-0.15, -0.1) is 0 Å². The topological polar surface area (TPSA) is 47.9 Å². The Labute approximate surface area is 100 Å². The molecule has 0 radical (unpaired) electrons. The summed E-state index contributed by atoms with van der Waals surface area (Å²) in [6.07, 6.45) is 2.41. The second-order valence-electron chi connectivity index (χ2n) is 4.72. The van der Waals surface area contributed by atoms with Gasteiger partial charge in [0.25, 0.3) is 0 Å². The molecular weight excluding hydrogens is 220 g/mol. The molecule has 0 bridgehead atoms. The molecule has 2 aliphatic rings. The van der Waals surface area contributed by atoms with E-state index in [0.29, 0.717) is 31.1 Å². The van der Waals surface area contributed by atoms with Crippen molar-refractivity contribution in [2.75, 3.05) is 20.3 Å². The summed E-state index contributed by atoms with van der Waals surface area (Å²) in [4.78, 5) is 0. The zero-order valence-corrected chi connectivity index (χ0v) is 9.86. The first kappa shape index (κ1) is 10.7. The second-order valence-corrected chi connectivity index (χ2v) is 4.72. The predicted molar refractivity (Wildman–Crippen MR) is 61.9 cm³/mol. The highest BCUT2D eigenvalue weighted by atomic mass is 16.6. The molecular formula is C13H16O4. The molecule has 3 rings (SSSR count). The van der Waals surface area contributed by atoms with Crippen LogP contribution in [0.15, 0.2) is 12.1 Å². The van der Waals surface area contributed by atoms with Gasteiger partial charge in [0.05, 0.1) is 12.7 Å². The van der Waals surface area contributed by atoms with Gasteiger partial charge < -0.3 is 19.3 Å². The minimum Gasteiger partial charge on any atom is -0.493 e. The minimum atomic E-state index is -0.505. The third-order valence-electron chi connectivity index (χ3n) is 3.25. The van der Waals surface area contributed by atoms with Crippen LogP contribution in [0.4, 0.5) is 0 Å². The molecule has 1 N–H and O–H groups in total. The first-order valence-electron chi connectivity index (χ1n) is 5.89. The maximum atomic E-state index is 9.94. The normalized spacial score (nSPS) is 19.9. The van der Waals surface area contributed by atoms with Crippen LogP contribution >= 0.6 is 0 Å². The van der Waals surface area contributed by atoms with E-state index in [0.717, 1.165) is 24.2 Å². The van der Waals surface area contributed by atoms with Gasteiger partial charge in [-0.25, -0.2) is 0 Å². The van der Waals surface area contributed by atoms with E-state index < -0.39 is 5.60 Å². The summed E-state index contributed by atoms with van der Waals surface area (Å²) in [5, 5.41) is 9.94. The largest absolute Gasteiger partial charge is 0.493 e. The average molecular weight is 236 g/mol. The van der Waals surface area contributed by atoms with Crippen molar-refractivity contribution in [3.8, 4) is 17.2 Å². The zero-order valence-electron chi connectivity index (χ0n) is 9.86. The lowest BCUT2D eigenvalue weighted by Gasteiger charge is -2.22. The zero-order chi connectivity index (χ0) is 11.9. The summed E-state index contributed by atoms with van der Waals surface area (Å²) in [6.45, 7) is 1.11. The van der Waals surface area contributed by atoms with E-state index in [4.69, 9.17) is 14.2 Å². The Balaban J connectivity index is 1.94. The number of hydrogen-bond acceptors (Lipinski definition) is 4. The number of hydrogen-bond donors (Lipinski definition) is 1. The quantitative estimate of drug-likeness (QED) is 0.864. The molecule has 0 spiro atoms. The lowest BCUT2D eigenvalue weighted by atomic mass is 10.1.